The molecule has 0 bridgehead atoms. The van der Waals surface area contributed by atoms with Gasteiger partial charge < -0.3 is 15.2 Å². The summed E-state index contributed by atoms with van der Waals surface area (Å²) in [5.74, 6) is 0.834. The predicted molar refractivity (Wildman–Crippen MR) is 91.8 cm³/mol. The molecule has 0 aliphatic carbocycles. The van der Waals surface area contributed by atoms with E-state index in [2.05, 4.69) is 10.2 Å². The van der Waals surface area contributed by atoms with E-state index in [1.54, 1.807) is 0 Å². The van der Waals surface area contributed by atoms with Crippen LogP contribution in [0.15, 0.2) is 24.3 Å². The Morgan fingerprint density at radius 3 is 2.83 bits per heavy atom. The van der Waals surface area contributed by atoms with E-state index in [0.29, 0.717) is 19.1 Å². The van der Waals surface area contributed by atoms with Crippen molar-refractivity contribution in [3.05, 3.63) is 24.3 Å². The van der Waals surface area contributed by atoms with Crippen LogP contribution in [0.4, 0.5) is 5.69 Å². The van der Waals surface area contributed by atoms with Crippen molar-refractivity contribution in [1.29, 1.82) is 0 Å². The van der Waals surface area contributed by atoms with Gasteiger partial charge in [-0.05, 0) is 63.9 Å². The number of ether oxygens (including phenoxy) is 1. The molecule has 0 aromatic heterocycles. The van der Waals surface area contributed by atoms with Crippen LogP contribution < -0.4 is 10.1 Å². The Bertz CT molecular complexity index is 488. The zero-order chi connectivity index (χ0) is 16.7. The van der Waals surface area contributed by atoms with Gasteiger partial charge in [0.25, 0.3) is 0 Å². The van der Waals surface area contributed by atoms with Gasteiger partial charge in [-0.3, -0.25) is 9.69 Å². The van der Waals surface area contributed by atoms with Crippen LogP contribution in [0.5, 0.6) is 5.75 Å². The van der Waals surface area contributed by atoms with Gasteiger partial charge in [0, 0.05) is 24.7 Å². The Balaban J connectivity index is 1.76. The molecule has 1 aromatic rings. The van der Waals surface area contributed by atoms with Crippen LogP contribution in [0, 0.1) is 0 Å². The summed E-state index contributed by atoms with van der Waals surface area (Å²) in [7, 11) is 0. The molecule has 2 unspecified atom stereocenters. The molecule has 2 N–H and O–H groups in total. The minimum absolute atomic E-state index is 0.0249. The maximum absolute atomic E-state index is 12.1. The summed E-state index contributed by atoms with van der Waals surface area (Å²) in [5, 5.41) is 12.5. The van der Waals surface area contributed by atoms with Gasteiger partial charge >= 0.3 is 0 Å². The normalized spacial score (nSPS) is 19.5. The van der Waals surface area contributed by atoms with Crippen molar-refractivity contribution in [2.75, 3.05) is 25.0 Å². The van der Waals surface area contributed by atoms with E-state index >= 15 is 0 Å². The van der Waals surface area contributed by atoms with Gasteiger partial charge in [0.2, 0.25) is 5.91 Å². The number of aliphatic hydroxyl groups is 1. The minimum Gasteiger partial charge on any atom is -0.494 e. The molecule has 5 nitrogen and oxygen atoms in total. The highest BCUT2D eigenvalue weighted by Crippen LogP contribution is 2.22. The Kier molecular flexibility index (Phi) is 6.86. The van der Waals surface area contributed by atoms with E-state index in [1.807, 2.05) is 38.1 Å². The van der Waals surface area contributed by atoms with E-state index in [0.717, 1.165) is 43.8 Å². The molecule has 0 saturated carbocycles. The largest absolute Gasteiger partial charge is 0.494 e. The number of aliphatic hydroxyl groups excluding tert-OH is 1. The summed E-state index contributed by atoms with van der Waals surface area (Å²) in [6.07, 6.45) is 3.26. The SMILES string of the molecule is CCOc1ccc(NC(=O)CCN2CCCC2CC(C)O)cc1. The fourth-order valence-corrected chi connectivity index (χ4v) is 3.12. The smallest absolute Gasteiger partial charge is 0.225 e. The summed E-state index contributed by atoms with van der Waals surface area (Å²) in [6.45, 7) is 6.18. The molecule has 1 heterocycles. The second-order valence-corrected chi connectivity index (χ2v) is 6.17. The number of rotatable bonds is 8. The Morgan fingerprint density at radius 2 is 2.17 bits per heavy atom. The average Bonchev–Trinajstić information content (AvgIpc) is 2.94. The van der Waals surface area contributed by atoms with Crippen molar-refractivity contribution < 1.29 is 14.6 Å². The van der Waals surface area contributed by atoms with Crippen LogP contribution in [0.1, 0.15) is 39.5 Å². The van der Waals surface area contributed by atoms with E-state index < -0.39 is 0 Å². The molecule has 2 atom stereocenters. The lowest BCUT2D eigenvalue weighted by atomic mass is 10.1. The highest BCUT2D eigenvalue weighted by Gasteiger charge is 2.25. The van der Waals surface area contributed by atoms with E-state index in [1.165, 1.54) is 0 Å². The van der Waals surface area contributed by atoms with Crippen LogP contribution in [-0.2, 0) is 4.79 Å². The van der Waals surface area contributed by atoms with Crippen LogP contribution in [-0.4, -0.2) is 47.8 Å². The fraction of sp³-hybridized carbons (Fsp3) is 0.611. The molecule has 1 aromatic carbocycles. The second kappa shape index (κ2) is 8.89. The molecule has 1 aliphatic heterocycles. The first-order valence-corrected chi connectivity index (χ1v) is 8.53. The lowest BCUT2D eigenvalue weighted by Gasteiger charge is -2.25. The standard InChI is InChI=1S/C18H28N2O3/c1-3-23-17-8-6-15(7-9-17)19-18(22)10-12-20-11-4-5-16(20)13-14(2)21/h6-9,14,16,21H,3-5,10-13H2,1-2H3,(H,19,22). The van der Waals surface area contributed by atoms with Crippen LogP contribution in [0.2, 0.25) is 0 Å². The van der Waals surface area contributed by atoms with E-state index in [-0.39, 0.29) is 12.0 Å². The van der Waals surface area contributed by atoms with Crippen molar-refractivity contribution >= 4 is 11.6 Å². The molecule has 0 radical (unpaired) electrons. The Hall–Kier alpha value is -1.59. The average molecular weight is 320 g/mol. The molecule has 23 heavy (non-hydrogen) atoms. The molecular weight excluding hydrogens is 292 g/mol. The molecule has 1 amide bonds. The number of benzene rings is 1. The van der Waals surface area contributed by atoms with Crippen LogP contribution in [0.3, 0.4) is 0 Å². The van der Waals surface area contributed by atoms with Crippen molar-refractivity contribution in [3.8, 4) is 5.75 Å². The molecule has 1 aliphatic rings. The number of hydrogen-bond donors (Lipinski definition) is 2. The van der Waals surface area contributed by atoms with Crippen molar-refractivity contribution in [1.82, 2.24) is 4.90 Å². The fourth-order valence-electron chi connectivity index (χ4n) is 3.12. The van der Waals surface area contributed by atoms with Gasteiger partial charge in [-0.1, -0.05) is 0 Å². The topological polar surface area (TPSA) is 61.8 Å². The van der Waals surface area contributed by atoms with Gasteiger partial charge in [0.05, 0.1) is 12.7 Å². The van der Waals surface area contributed by atoms with Gasteiger partial charge in [-0.15, -0.1) is 0 Å². The number of anilines is 1. The third kappa shape index (κ3) is 5.84. The van der Waals surface area contributed by atoms with E-state index in [9.17, 15) is 9.90 Å². The Labute approximate surface area is 138 Å². The first kappa shape index (κ1) is 17.8. The van der Waals surface area contributed by atoms with Crippen LogP contribution >= 0.6 is 0 Å². The molecule has 5 heteroatoms. The first-order valence-electron chi connectivity index (χ1n) is 8.53. The lowest BCUT2D eigenvalue weighted by molar-refractivity contribution is -0.116. The van der Waals surface area contributed by atoms with E-state index in [4.69, 9.17) is 4.74 Å². The highest BCUT2D eigenvalue weighted by atomic mass is 16.5. The maximum Gasteiger partial charge on any atom is 0.225 e. The maximum atomic E-state index is 12.1. The summed E-state index contributed by atoms with van der Waals surface area (Å²) >= 11 is 0. The van der Waals surface area contributed by atoms with Crippen LogP contribution in [0.25, 0.3) is 0 Å². The number of carbonyl (C=O) groups excluding carboxylic acids is 1. The molecule has 1 saturated heterocycles. The molecule has 0 spiro atoms. The van der Waals surface area contributed by atoms with Crippen molar-refractivity contribution in [3.63, 3.8) is 0 Å². The number of carbonyl (C=O) groups is 1. The number of likely N-dealkylation sites (tertiary alicyclic amines) is 1. The molecule has 128 valence electrons. The predicted octanol–water partition coefficient (Wildman–Crippen LogP) is 2.65. The van der Waals surface area contributed by atoms with Gasteiger partial charge in [0.1, 0.15) is 5.75 Å². The summed E-state index contributed by atoms with van der Waals surface area (Å²) in [6, 6.07) is 7.84. The zero-order valence-electron chi connectivity index (χ0n) is 14.1. The molecule has 1 fully saturated rings. The van der Waals surface area contributed by atoms with Crippen molar-refractivity contribution in [2.45, 2.75) is 51.7 Å². The number of nitrogens with one attached hydrogen (secondary N) is 1. The molecule has 2 rings (SSSR count). The number of amides is 1. The van der Waals surface area contributed by atoms with Gasteiger partial charge in [0.15, 0.2) is 0 Å². The quantitative estimate of drug-likeness (QED) is 0.773. The minimum atomic E-state index is -0.279. The summed E-state index contributed by atoms with van der Waals surface area (Å²) in [4.78, 5) is 14.4. The Morgan fingerprint density at radius 1 is 1.43 bits per heavy atom. The zero-order valence-corrected chi connectivity index (χ0v) is 14.1. The third-order valence-corrected chi connectivity index (χ3v) is 4.19. The second-order valence-electron chi connectivity index (χ2n) is 6.17. The lowest BCUT2D eigenvalue weighted by Crippen LogP contribution is -2.34. The van der Waals surface area contributed by atoms with Gasteiger partial charge in [-0.2, -0.15) is 0 Å². The number of hydrogen-bond acceptors (Lipinski definition) is 4. The summed E-state index contributed by atoms with van der Waals surface area (Å²) < 4.78 is 5.38. The molecular formula is C18H28N2O3. The van der Waals surface area contributed by atoms with Crippen molar-refractivity contribution in [2.24, 2.45) is 0 Å². The summed E-state index contributed by atoms with van der Waals surface area (Å²) in [5.41, 5.74) is 0.792. The monoisotopic (exact) mass is 320 g/mol. The van der Waals surface area contributed by atoms with Gasteiger partial charge in [-0.25, -0.2) is 0 Å². The highest BCUT2D eigenvalue weighted by molar-refractivity contribution is 5.90. The first-order chi connectivity index (χ1) is 11.1. The number of nitrogens with zero attached hydrogens (tertiary/aromatic N) is 1. The third-order valence-electron chi connectivity index (χ3n) is 4.19.